The molecule has 0 spiro atoms. The second-order valence-electron chi connectivity index (χ2n) is 2.10. The summed E-state index contributed by atoms with van der Waals surface area (Å²) < 4.78 is 0. The minimum Gasteiger partial charge on any atom is -0.151 e. The molecule has 0 aliphatic heterocycles. The van der Waals surface area contributed by atoms with Crippen molar-refractivity contribution in [3.63, 3.8) is 0 Å². The van der Waals surface area contributed by atoms with Crippen molar-refractivity contribution in [2.45, 2.75) is 39.2 Å². The quantitative estimate of drug-likeness (QED) is 0.517. The van der Waals surface area contributed by atoms with Crippen molar-refractivity contribution >= 4 is 0 Å². The van der Waals surface area contributed by atoms with Gasteiger partial charge in [0.1, 0.15) is 0 Å². The van der Waals surface area contributed by atoms with E-state index >= 15 is 0 Å². The lowest BCUT2D eigenvalue weighted by Gasteiger charge is -1.96. The van der Waals surface area contributed by atoms with Gasteiger partial charge in [0.25, 0.3) is 0 Å². The Bertz CT molecular complexity index is 63.5. The third-order valence-electron chi connectivity index (χ3n) is 1.16. The van der Waals surface area contributed by atoms with E-state index in [0.717, 1.165) is 19.3 Å². The van der Waals surface area contributed by atoms with Crippen LogP contribution in [0.5, 0.6) is 0 Å². The molecule has 0 aliphatic rings. The highest BCUT2D eigenvalue weighted by molar-refractivity contribution is 4.56. The Morgan fingerprint density at radius 2 is 2.25 bits per heavy atom. The van der Waals surface area contributed by atoms with Crippen LogP contribution < -0.4 is 0 Å². The van der Waals surface area contributed by atoms with Crippen LogP contribution in [-0.4, -0.2) is 6.04 Å². The summed E-state index contributed by atoms with van der Waals surface area (Å²) in [7, 11) is 0. The molecule has 0 aromatic carbocycles. The number of hydrogen-bond acceptors (Lipinski definition) is 2. The largest absolute Gasteiger partial charge is 0.151 e. The van der Waals surface area contributed by atoms with E-state index < -0.39 is 0 Å². The number of rotatable bonds is 4. The number of nitrogens with zero attached hydrogens (tertiary/aromatic N) is 1. The van der Waals surface area contributed by atoms with Crippen molar-refractivity contribution in [2.75, 3.05) is 0 Å². The Balaban J connectivity index is 2.98. The first-order chi connectivity index (χ1) is 3.81. The van der Waals surface area contributed by atoms with E-state index in [-0.39, 0.29) is 6.04 Å². The molecule has 0 saturated carbocycles. The van der Waals surface area contributed by atoms with Gasteiger partial charge in [-0.05, 0) is 13.3 Å². The molecule has 8 heavy (non-hydrogen) atoms. The van der Waals surface area contributed by atoms with Gasteiger partial charge in [-0.2, -0.15) is 4.91 Å². The van der Waals surface area contributed by atoms with E-state index in [1.807, 2.05) is 6.92 Å². The molecule has 0 aliphatic carbocycles. The van der Waals surface area contributed by atoms with Gasteiger partial charge in [0.2, 0.25) is 0 Å². The lowest BCUT2D eigenvalue weighted by Crippen LogP contribution is -1.94. The van der Waals surface area contributed by atoms with Crippen LogP contribution in [0.3, 0.4) is 0 Å². The molecule has 0 radical (unpaired) electrons. The molecule has 0 aromatic rings. The standard InChI is InChI=1S/C6H13NO/c1-3-4-5-6(2)7-8/h6H,3-5H2,1-2H3/t6-/m1/s1. The fourth-order valence-electron chi connectivity index (χ4n) is 0.552. The van der Waals surface area contributed by atoms with Gasteiger partial charge in [-0.3, -0.25) is 0 Å². The summed E-state index contributed by atoms with van der Waals surface area (Å²) in [6, 6.07) is 0.0231. The summed E-state index contributed by atoms with van der Waals surface area (Å²) in [5.41, 5.74) is 0. The second kappa shape index (κ2) is 4.75. The van der Waals surface area contributed by atoms with Crippen molar-refractivity contribution in [3.8, 4) is 0 Å². The molecule has 0 amide bonds. The lowest BCUT2D eigenvalue weighted by molar-refractivity contribution is 0.614. The summed E-state index contributed by atoms with van der Waals surface area (Å²) in [5, 5.41) is 2.88. The van der Waals surface area contributed by atoms with Gasteiger partial charge >= 0.3 is 0 Å². The Kier molecular flexibility index (Phi) is 4.51. The molecule has 0 bridgehead atoms. The highest BCUT2D eigenvalue weighted by Crippen LogP contribution is 2.01. The summed E-state index contributed by atoms with van der Waals surface area (Å²) in [6.07, 6.45) is 3.22. The van der Waals surface area contributed by atoms with E-state index in [1.54, 1.807) is 0 Å². The van der Waals surface area contributed by atoms with Crippen LogP contribution in [0.25, 0.3) is 0 Å². The van der Waals surface area contributed by atoms with Gasteiger partial charge < -0.3 is 0 Å². The molecule has 0 saturated heterocycles. The van der Waals surface area contributed by atoms with Crippen LogP contribution in [0, 0.1) is 4.91 Å². The average Bonchev–Trinajstić information content (AvgIpc) is 1.83. The SMILES string of the molecule is CCCC[C@@H](C)N=O. The van der Waals surface area contributed by atoms with Crippen LogP contribution in [0.4, 0.5) is 0 Å². The smallest absolute Gasteiger partial charge is 0.0891 e. The van der Waals surface area contributed by atoms with Crippen LogP contribution in [0.1, 0.15) is 33.1 Å². The molecule has 48 valence electrons. The van der Waals surface area contributed by atoms with Crippen molar-refractivity contribution in [1.29, 1.82) is 0 Å². The summed E-state index contributed by atoms with van der Waals surface area (Å²) in [6.45, 7) is 3.96. The van der Waals surface area contributed by atoms with Gasteiger partial charge in [0, 0.05) is 0 Å². The minimum atomic E-state index is 0.0231. The van der Waals surface area contributed by atoms with Crippen molar-refractivity contribution in [2.24, 2.45) is 5.18 Å². The summed E-state index contributed by atoms with van der Waals surface area (Å²) >= 11 is 0. The minimum absolute atomic E-state index is 0.0231. The van der Waals surface area contributed by atoms with E-state index in [9.17, 15) is 4.91 Å². The third-order valence-corrected chi connectivity index (χ3v) is 1.16. The Morgan fingerprint density at radius 3 is 2.62 bits per heavy atom. The van der Waals surface area contributed by atoms with Crippen LogP contribution in [0.2, 0.25) is 0 Å². The first kappa shape index (κ1) is 7.60. The topological polar surface area (TPSA) is 29.4 Å². The van der Waals surface area contributed by atoms with Crippen molar-refractivity contribution < 1.29 is 0 Å². The van der Waals surface area contributed by atoms with Crippen molar-refractivity contribution in [1.82, 2.24) is 0 Å². The molecule has 0 heterocycles. The second-order valence-corrected chi connectivity index (χ2v) is 2.10. The zero-order valence-electron chi connectivity index (χ0n) is 5.55. The van der Waals surface area contributed by atoms with E-state index in [1.165, 1.54) is 0 Å². The highest BCUT2D eigenvalue weighted by atomic mass is 16.3. The molecule has 0 N–H and O–H groups in total. The molecule has 2 heteroatoms. The third kappa shape index (κ3) is 3.78. The fraction of sp³-hybridized carbons (Fsp3) is 1.00. The summed E-state index contributed by atoms with van der Waals surface area (Å²) in [4.78, 5) is 9.76. The normalized spacial score (nSPS) is 13.2. The first-order valence-electron chi connectivity index (χ1n) is 3.13. The molecule has 1 atom stereocenters. The maximum absolute atomic E-state index is 9.76. The lowest BCUT2D eigenvalue weighted by atomic mass is 10.2. The number of hydrogen-bond donors (Lipinski definition) is 0. The first-order valence-corrected chi connectivity index (χ1v) is 3.13. The molecular weight excluding hydrogens is 102 g/mol. The molecule has 0 aromatic heterocycles. The van der Waals surface area contributed by atoms with Gasteiger partial charge in [-0.15, -0.1) is 0 Å². The molecule has 0 fully saturated rings. The molecule has 0 unspecified atom stereocenters. The van der Waals surface area contributed by atoms with Gasteiger partial charge in [-0.1, -0.05) is 24.9 Å². The monoisotopic (exact) mass is 115 g/mol. The van der Waals surface area contributed by atoms with Crippen LogP contribution in [-0.2, 0) is 0 Å². The highest BCUT2D eigenvalue weighted by Gasteiger charge is 1.96. The van der Waals surface area contributed by atoms with E-state index in [2.05, 4.69) is 12.1 Å². The Hall–Kier alpha value is -0.400. The Labute approximate surface area is 50.3 Å². The molecule has 0 rings (SSSR count). The fourth-order valence-corrected chi connectivity index (χ4v) is 0.552. The predicted octanol–water partition coefficient (Wildman–Crippen LogP) is 2.33. The predicted molar refractivity (Wildman–Crippen MR) is 34.8 cm³/mol. The van der Waals surface area contributed by atoms with Gasteiger partial charge in [0.05, 0.1) is 6.04 Å². The zero-order chi connectivity index (χ0) is 6.41. The maximum Gasteiger partial charge on any atom is 0.0891 e. The number of unbranched alkanes of at least 4 members (excludes halogenated alkanes) is 1. The zero-order valence-corrected chi connectivity index (χ0v) is 5.55. The molecule has 2 nitrogen and oxygen atoms in total. The van der Waals surface area contributed by atoms with E-state index in [4.69, 9.17) is 0 Å². The number of nitroso groups, excluding NO2 is 1. The Morgan fingerprint density at radius 1 is 1.62 bits per heavy atom. The summed E-state index contributed by atoms with van der Waals surface area (Å²) in [5.74, 6) is 0. The molecular formula is C6H13NO. The van der Waals surface area contributed by atoms with Crippen LogP contribution >= 0.6 is 0 Å². The van der Waals surface area contributed by atoms with Gasteiger partial charge in [0.15, 0.2) is 0 Å². The maximum atomic E-state index is 9.76. The average molecular weight is 115 g/mol. The van der Waals surface area contributed by atoms with E-state index in [0.29, 0.717) is 0 Å². The van der Waals surface area contributed by atoms with Crippen LogP contribution in [0.15, 0.2) is 5.18 Å². The van der Waals surface area contributed by atoms with Crippen molar-refractivity contribution in [3.05, 3.63) is 4.91 Å². The van der Waals surface area contributed by atoms with Gasteiger partial charge in [-0.25, -0.2) is 0 Å².